The summed E-state index contributed by atoms with van der Waals surface area (Å²) in [5, 5.41) is 0. The zero-order chi connectivity index (χ0) is 19.8. The molecule has 2 aliphatic rings. The summed E-state index contributed by atoms with van der Waals surface area (Å²) in [5.74, 6) is 1.55. The first kappa shape index (κ1) is 21.1. The molecule has 0 saturated heterocycles. The first-order chi connectivity index (χ1) is 13.6. The molecule has 2 atom stereocenters. The Balaban J connectivity index is 1.37. The van der Waals surface area contributed by atoms with Gasteiger partial charge in [0.2, 0.25) is 0 Å². The third-order valence-electron chi connectivity index (χ3n) is 6.79. The van der Waals surface area contributed by atoms with E-state index in [0.717, 1.165) is 44.1 Å². The molecule has 0 spiro atoms. The summed E-state index contributed by atoms with van der Waals surface area (Å²) in [6, 6.07) is 8.61. The molecule has 1 aromatic rings. The van der Waals surface area contributed by atoms with Gasteiger partial charge >= 0.3 is 5.97 Å². The molecule has 2 aliphatic carbocycles. The quantitative estimate of drug-likeness (QED) is 0.407. The van der Waals surface area contributed by atoms with Crippen molar-refractivity contribution in [3.63, 3.8) is 0 Å². The predicted molar refractivity (Wildman–Crippen MR) is 112 cm³/mol. The van der Waals surface area contributed by atoms with Gasteiger partial charge in [-0.15, -0.1) is 0 Å². The highest BCUT2D eigenvalue weighted by molar-refractivity contribution is 5.81. The second-order valence-corrected chi connectivity index (χ2v) is 8.93. The summed E-state index contributed by atoms with van der Waals surface area (Å²) in [5.41, 5.74) is 2.48. The van der Waals surface area contributed by atoms with Gasteiger partial charge in [-0.05, 0) is 55.1 Å². The van der Waals surface area contributed by atoms with Crippen molar-refractivity contribution in [3.8, 4) is 0 Å². The van der Waals surface area contributed by atoms with Gasteiger partial charge in [-0.2, -0.15) is 0 Å². The van der Waals surface area contributed by atoms with E-state index in [2.05, 4.69) is 31.2 Å². The van der Waals surface area contributed by atoms with Gasteiger partial charge in [-0.1, -0.05) is 63.3 Å². The number of carbonyl (C=O) groups is 2. The topological polar surface area (TPSA) is 43.4 Å². The largest absolute Gasteiger partial charge is 0.461 e. The number of Topliss-reactive ketones (excluding diaryl/α,β-unsaturated/α-hetero) is 1. The lowest BCUT2D eigenvalue weighted by Crippen LogP contribution is -2.20. The number of carbonyl (C=O) groups excluding carboxylic acids is 2. The van der Waals surface area contributed by atoms with Crippen LogP contribution in [0.15, 0.2) is 24.3 Å². The Kier molecular flexibility index (Phi) is 8.12. The highest BCUT2D eigenvalue weighted by Crippen LogP contribution is 2.33. The van der Waals surface area contributed by atoms with Crippen LogP contribution in [0.1, 0.15) is 101 Å². The Morgan fingerprint density at radius 1 is 1.00 bits per heavy atom. The Hall–Kier alpha value is -1.64. The molecule has 28 heavy (non-hydrogen) atoms. The van der Waals surface area contributed by atoms with Gasteiger partial charge in [0.25, 0.3) is 0 Å². The van der Waals surface area contributed by atoms with Crippen molar-refractivity contribution < 1.29 is 14.3 Å². The van der Waals surface area contributed by atoms with Crippen molar-refractivity contribution in [2.45, 2.75) is 96.5 Å². The highest BCUT2D eigenvalue weighted by Gasteiger charge is 2.26. The lowest BCUT2D eigenvalue weighted by atomic mass is 9.84. The Labute approximate surface area is 170 Å². The van der Waals surface area contributed by atoms with Crippen LogP contribution in [0.2, 0.25) is 0 Å². The first-order valence-electron chi connectivity index (χ1n) is 11.4. The van der Waals surface area contributed by atoms with Crippen LogP contribution in [-0.4, -0.2) is 11.8 Å². The number of benzene rings is 1. The average molecular weight is 385 g/mol. The molecule has 0 aliphatic heterocycles. The van der Waals surface area contributed by atoms with E-state index in [0.29, 0.717) is 30.6 Å². The van der Waals surface area contributed by atoms with Crippen LogP contribution in [0.4, 0.5) is 0 Å². The third kappa shape index (κ3) is 6.18. The third-order valence-corrected chi connectivity index (χ3v) is 6.79. The van der Waals surface area contributed by atoms with Crippen LogP contribution in [0.3, 0.4) is 0 Å². The lowest BCUT2D eigenvalue weighted by Gasteiger charge is -2.22. The molecular formula is C25H36O3. The van der Waals surface area contributed by atoms with E-state index in [9.17, 15) is 9.59 Å². The summed E-state index contributed by atoms with van der Waals surface area (Å²) in [6.45, 7) is 2.53. The molecule has 154 valence electrons. The van der Waals surface area contributed by atoms with E-state index < -0.39 is 0 Å². The monoisotopic (exact) mass is 384 g/mol. The van der Waals surface area contributed by atoms with Gasteiger partial charge in [0.1, 0.15) is 12.4 Å². The molecule has 0 heterocycles. The molecule has 0 aromatic heterocycles. The average Bonchev–Trinajstić information content (AvgIpc) is 2.88. The fraction of sp³-hybridized carbons (Fsp3) is 0.680. The van der Waals surface area contributed by atoms with Crippen LogP contribution in [-0.2, 0) is 20.9 Å². The van der Waals surface area contributed by atoms with Gasteiger partial charge in [-0.3, -0.25) is 9.59 Å². The number of hydrogen-bond donors (Lipinski definition) is 0. The number of ether oxygens (including phenoxy) is 1. The van der Waals surface area contributed by atoms with Crippen molar-refractivity contribution in [2.75, 3.05) is 0 Å². The number of esters is 1. The van der Waals surface area contributed by atoms with E-state index in [1.165, 1.54) is 37.7 Å². The van der Waals surface area contributed by atoms with Crippen molar-refractivity contribution in [3.05, 3.63) is 35.4 Å². The normalized spacial score (nSPS) is 24.0. The van der Waals surface area contributed by atoms with Crippen molar-refractivity contribution in [2.24, 2.45) is 11.8 Å². The van der Waals surface area contributed by atoms with Crippen molar-refractivity contribution in [1.29, 1.82) is 0 Å². The maximum atomic E-state index is 12.2. The summed E-state index contributed by atoms with van der Waals surface area (Å²) in [6.07, 6.45) is 12.7. The molecule has 2 unspecified atom stereocenters. The first-order valence-corrected chi connectivity index (χ1v) is 11.4. The zero-order valence-corrected chi connectivity index (χ0v) is 17.5. The number of rotatable bonds is 7. The van der Waals surface area contributed by atoms with Crippen molar-refractivity contribution in [1.82, 2.24) is 0 Å². The van der Waals surface area contributed by atoms with E-state index in [4.69, 9.17) is 4.74 Å². The minimum Gasteiger partial charge on any atom is -0.461 e. The molecule has 2 fully saturated rings. The smallest absolute Gasteiger partial charge is 0.306 e. The fourth-order valence-electron chi connectivity index (χ4n) is 4.94. The van der Waals surface area contributed by atoms with Gasteiger partial charge in [0.15, 0.2) is 0 Å². The number of ketones is 1. The molecule has 0 radical (unpaired) electrons. The summed E-state index contributed by atoms with van der Waals surface area (Å²) in [4.78, 5) is 24.3. The van der Waals surface area contributed by atoms with Gasteiger partial charge in [-0.25, -0.2) is 0 Å². The molecule has 1 aromatic carbocycles. The Morgan fingerprint density at radius 3 is 2.46 bits per heavy atom. The molecule has 2 saturated carbocycles. The molecule has 0 bridgehead atoms. The van der Waals surface area contributed by atoms with Crippen molar-refractivity contribution >= 4 is 11.8 Å². The maximum Gasteiger partial charge on any atom is 0.306 e. The second kappa shape index (κ2) is 10.8. The van der Waals surface area contributed by atoms with Crippen LogP contribution in [0, 0.1) is 11.8 Å². The van der Waals surface area contributed by atoms with Gasteiger partial charge in [0, 0.05) is 18.8 Å². The standard InChI is InChI=1S/C25H36O3/c1-19-8-5-6-12-24(26)23(19)11-7-13-25(27)28-18-20-14-16-22(17-15-20)21-9-3-2-4-10-21/h14-17,19,21,23H,2-13,18H2,1H3. The minimum atomic E-state index is -0.148. The van der Waals surface area contributed by atoms with E-state index >= 15 is 0 Å². The Morgan fingerprint density at radius 2 is 1.71 bits per heavy atom. The minimum absolute atomic E-state index is 0.141. The summed E-state index contributed by atoms with van der Waals surface area (Å²) < 4.78 is 5.46. The van der Waals surface area contributed by atoms with Crippen LogP contribution in [0.25, 0.3) is 0 Å². The SMILES string of the molecule is CC1CCCCC(=O)C1CCCC(=O)OCc1ccc(C2CCCCC2)cc1. The van der Waals surface area contributed by atoms with Crippen LogP contribution in [0.5, 0.6) is 0 Å². The van der Waals surface area contributed by atoms with E-state index in [-0.39, 0.29) is 11.9 Å². The van der Waals surface area contributed by atoms with Gasteiger partial charge < -0.3 is 4.74 Å². The molecular weight excluding hydrogens is 348 g/mol. The van der Waals surface area contributed by atoms with Crippen LogP contribution >= 0.6 is 0 Å². The maximum absolute atomic E-state index is 12.2. The molecule has 0 amide bonds. The van der Waals surface area contributed by atoms with Crippen LogP contribution < -0.4 is 0 Å². The highest BCUT2D eigenvalue weighted by atomic mass is 16.5. The van der Waals surface area contributed by atoms with E-state index in [1.807, 2.05) is 0 Å². The fourth-order valence-corrected chi connectivity index (χ4v) is 4.94. The summed E-state index contributed by atoms with van der Waals surface area (Å²) >= 11 is 0. The molecule has 3 rings (SSSR count). The molecule has 3 heteroatoms. The molecule has 3 nitrogen and oxygen atoms in total. The van der Waals surface area contributed by atoms with E-state index in [1.54, 1.807) is 0 Å². The predicted octanol–water partition coefficient (Wildman–Crippen LogP) is 6.34. The lowest BCUT2D eigenvalue weighted by molar-refractivity contribution is -0.145. The second-order valence-electron chi connectivity index (χ2n) is 8.93. The van der Waals surface area contributed by atoms with Gasteiger partial charge in [0.05, 0.1) is 0 Å². The summed E-state index contributed by atoms with van der Waals surface area (Å²) in [7, 11) is 0. The Bertz CT molecular complexity index is 628. The zero-order valence-electron chi connectivity index (χ0n) is 17.5. The number of hydrogen-bond acceptors (Lipinski definition) is 3. The molecule has 0 N–H and O–H groups in total.